The zero-order valence-corrected chi connectivity index (χ0v) is 15.7. The third-order valence-electron chi connectivity index (χ3n) is 4.22. The molecule has 0 fully saturated rings. The molecule has 7 nitrogen and oxygen atoms in total. The number of anilines is 2. The monoisotopic (exact) mass is 388 g/mol. The van der Waals surface area contributed by atoms with Crippen molar-refractivity contribution in [3.8, 4) is 22.9 Å². The number of hydrogen-bond donors (Lipinski definition) is 2. The average molecular weight is 388 g/mol. The zero-order valence-electron chi connectivity index (χ0n) is 15.7. The van der Waals surface area contributed by atoms with Gasteiger partial charge in [0.25, 0.3) is 5.91 Å². The van der Waals surface area contributed by atoms with Crippen LogP contribution >= 0.6 is 0 Å². The first kappa shape index (κ1) is 18.5. The van der Waals surface area contributed by atoms with E-state index in [1.54, 1.807) is 30.3 Å². The second-order valence-corrected chi connectivity index (χ2v) is 6.31. The molecule has 0 saturated carbocycles. The molecule has 2 aromatic carbocycles. The van der Waals surface area contributed by atoms with Crippen LogP contribution in [-0.4, -0.2) is 35.6 Å². The molecule has 0 bridgehead atoms. The molecule has 1 aliphatic heterocycles. The van der Waals surface area contributed by atoms with Crippen molar-refractivity contribution in [2.45, 2.75) is 0 Å². The van der Waals surface area contributed by atoms with Crippen molar-refractivity contribution in [3.63, 3.8) is 0 Å². The quantitative estimate of drug-likeness (QED) is 0.626. The number of hydrogen-bond acceptors (Lipinski definition) is 6. The van der Waals surface area contributed by atoms with E-state index in [1.165, 1.54) is 0 Å². The SMILES string of the molecule is C=CCNc1cc(C(=O)Nc2ccc3c(c2)OCCO3)nc(-c2ccccc2)n1. The molecule has 0 radical (unpaired) electrons. The number of fused-ring (bicyclic) bond motifs is 1. The van der Waals surface area contributed by atoms with Crippen LogP contribution in [0.5, 0.6) is 11.5 Å². The Kier molecular flexibility index (Phi) is 5.38. The first-order valence-electron chi connectivity index (χ1n) is 9.23. The predicted octanol–water partition coefficient (Wildman–Crippen LogP) is 3.77. The van der Waals surface area contributed by atoms with Crippen molar-refractivity contribution in [2.75, 3.05) is 30.4 Å². The topological polar surface area (TPSA) is 85.4 Å². The van der Waals surface area contributed by atoms with Gasteiger partial charge in [0.05, 0.1) is 0 Å². The highest BCUT2D eigenvalue weighted by molar-refractivity contribution is 6.03. The van der Waals surface area contributed by atoms with E-state index in [1.807, 2.05) is 30.3 Å². The van der Waals surface area contributed by atoms with Crippen LogP contribution < -0.4 is 20.1 Å². The summed E-state index contributed by atoms with van der Waals surface area (Å²) < 4.78 is 11.1. The molecule has 29 heavy (non-hydrogen) atoms. The molecule has 1 amide bonds. The molecule has 1 aliphatic rings. The van der Waals surface area contributed by atoms with Crippen LogP contribution in [0, 0.1) is 0 Å². The van der Waals surface area contributed by atoms with Crippen molar-refractivity contribution in [1.82, 2.24) is 9.97 Å². The Morgan fingerprint density at radius 2 is 1.83 bits per heavy atom. The van der Waals surface area contributed by atoms with Gasteiger partial charge in [0.15, 0.2) is 17.3 Å². The summed E-state index contributed by atoms with van der Waals surface area (Å²) in [7, 11) is 0. The summed E-state index contributed by atoms with van der Waals surface area (Å²) in [5.41, 5.74) is 1.67. The Bertz CT molecular complexity index is 1040. The van der Waals surface area contributed by atoms with E-state index in [2.05, 4.69) is 27.2 Å². The van der Waals surface area contributed by atoms with E-state index < -0.39 is 0 Å². The van der Waals surface area contributed by atoms with Gasteiger partial charge in [-0.25, -0.2) is 9.97 Å². The molecule has 0 saturated heterocycles. The third-order valence-corrected chi connectivity index (χ3v) is 4.22. The molecule has 1 aromatic heterocycles. The van der Waals surface area contributed by atoms with Gasteiger partial charge >= 0.3 is 0 Å². The Labute approximate surface area is 168 Å². The van der Waals surface area contributed by atoms with Gasteiger partial charge in [-0.05, 0) is 12.1 Å². The standard InChI is InChI=1S/C22H20N4O3/c1-2-10-23-20-14-17(25-21(26-20)15-6-4-3-5-7-15)22(27)24-16-8-9-18-19(13-16)29-12-11-28-18/h2-9,13-14H,1,10-12H2,(H,24,27)(H,23,25,26). The molecule has 2 heterocycles. The summed E-state index contributed by atoms with van der Waals surface area (Å²) in [6, 6.07) is 16.4. The molecule has 0 unspecified atom stereocenters. The van der Waals surface area contributed by atoms with Crippen molar-refractivity contribution in [2.24, 2.45) is 0 Å². The summed E-state index contributed by atoms with van der Waals surface area (Å²) in [5, 5.41) is 5.98. The van der Waals surface area contributed by atoms with Crippen LogP contribution in [0.1, 0.15) is 10.5 Å². The van der Waals surface area contributed by atoms with Crippen molar-refractivity contribution >= 4 is 17.4 Å². The molecule has 3 aromatic rings. The molecule has 0 aliphatic carbocycles. The van der Waals surface area contributed by atoms with E-state index >= 15 is 0 Å². The third kappa shape index (κ3) is 4.35. The fraction of sp³-hybridized carbons (Fsp3) is 0.136. The second-order valence-electron chi connectivity index (χ2n) is 6.31. The minimum atomic E-state index is -0.345. The van der Waals surface area contributed by atoms with Crippen molar-refractivity contribution in [1.29, 1.82) is 0 Å². The van der Waals surface area contributed by atoms with Crippen LogP contribution in [-0.2, 0) is 0 Å². The summed E-state index contributed by atoms with van der Waals surface area (Å²) in [6.07, 6.45) is 1.72. The molecular formula is C22H20N4O3. The van der Waals surface area contributed by atoms with Crippen LogP contribution in [0.15, 0.2) is 67.3 Å². The van der Waals surface area contributed by atoms with Crippen molar-refractivity contribution in [3.05, 3.63) is 72.9 Å². The van der Waals surface area contributed by atoms with Gasteiger partial charge in [0, 0.05) is 29.9 Å². The lowest BCUT2D eigenvalue weighted by atomic mass is 10.2. The van der Waals surface area contributed by atoms with Gasteiger partial charge in [-0.2, -0.15) is 0 Å². The number of nitrogens with zero attached hydrogens (tertiary/aromatic N) is 2. The normalized spacial score (nSPS) is 12.1. The van der Waals surface area contributed by atoms with E-state index in [-0.39, 0.29) is 11.6 Å². The number of benzene rings is 2. The Morgan fingerprint density at radius 3 is 2.62 bits per heavy atom. The smallest absolute Gasteiger partial charge is 0.274 e. The number of ether oxygens (including phenoxy) is 2. The van der Waals surface area contributed by atoms with E-state index in [4.69, 9.17) is 9.47 Å². The summed E-state index contributed by atoms with van der Waals surface area (Å²) in [6.45, 7) is 5.22. The van der Waals surface area contributed by atoms with Crippen LogP contribution in [0.4, 0.5) is 11.5 Å². The van der Waals surface area contributed by atoms with Gasteiger partial charge in [-0.1, -0.05) is 36.4 Å². The van der Waals surface area contributed by atoms with Gasteiger partial charge in [-0.15, -0.1) is 6.58 Å². The van der Waals surface area contributed by atoms with Gasteiger partial charge < -0.3 is 20.1 Å². The first-order valence-corrected chi connectivity index (χ1v) is 9.23. The Hall–Kier alpha value is -3.87. The van der Waals surface area contributed by atoms with Crippen molar-refractivity contribution < 1.29 is 14.3 Å². The minimum absolute atomic E-state index is 0.250. The fourth-order valence-electron chi connectivity index (χ4n) is 2.86. The Morgan fingerprint density at radius 1 is 1.03 bits per heavy atom. The predicted molar refractivity (Wildman–Crippen MR) is 112 cm³/mol. The molecule has 146 valence electrons. The van der Waals surface area contributed by atoms with E-state index in [0.29, 0.717) is 48.6 Å². The molecular weight excluding hydrogens is 368 g/mol. The molecule has 2 N–H and O–H groups in total. The summed E-state index contributed by atoms with van der Waals surface area (Å²) in [4.78, 5) is 21.8. The van der Waals surface area contributed by atoms with E-state index in [9.17, 15) is 4.79 Å². The van der Waals surface area contributed by atoms with Gasteiger partial charge in [-0.3, -0.25) is 4.79 Å². The van der Waals surface area contributed by atoms with Crippen LogP contribution in [0.25, 0.3) is 11.4 Å². The number of carbonyl (C=O) groups is 1. The maximum Gasteiger partial charge on any atom is 0.274 e. The highest BCUT2D eigenvalue weighted by atomic mass is 16.6. The highest BCUT2D eigenvalue weighted by Gasteiger charge is 2.16. The maximum atomic E-state index is 12.9. The number of amides is 1. The van der Waals surface area contributed by atoms with Gasteiger partial charge in [0.2, 0.25) is 0 Å². The molecule has 7 heteroatoms. The summed E-state index contributed by atoms with van der Waals surface area (Å²) in [5.74, 6) is 1.94. The lowest BCUT2D eigenvalue weighted by molar-refractivity contribution is 0.102. The van der Waals surface area contributed by atoms with Gasteiger partial charge in [0.1, 0.15) is 24.7 Å². The largest absolute Gasteiger partial charge is 0.486 e. The number of nitrogens with one attached hydrogen (secondary N) is 2. The zero-order chi connectivity index (χ0) is 20.1. The Balaban J connectivity index is 1.62. The number of carbonyl (C=O) groups excluding carboxylic acids is 1. The highest BCUT2D eigenvalue weighted by Crippen LogP contribution is 2.32. The summed E-state index contributed by atoms with van der Waals surface area (Å²) >= 11 is 0. The first-order chi connectivity index (χ1) is 14.2. The molecule has 4 rings (SSSR count). The van der Waals surface area contributed by atoms with E-state index in [0.717, 1.165) is 5.56 Å². The molecule has 0 atom stereocenters. The average Bonchev–Trinajstić information content (AvgIpc) is 2.78. The maximum absolute atomic E-state index is 12.9. The van der Waals surface area contributed by atoms with Crippen LogP contribution in [0.2, 0.25) is 0 Å². The van der Waals surface area contributed by atoms with Crippen LogP contribution in [0.3, 0.4) is 0 Å². The fourth-order valence-corrected chi connectivity index (χ4v) is 2.86. The lowest BCUT2D eigenvalue weighted by Gasteiger charge is -2.19. The number of rotatable bonds is 6. The second kappa shape index (κ2) is 8.43. The lowest BCUT2D eigenvalue weighted by Crippen LogP contribution is -2.17. The minimum Gasteiger partial charge on any atom is -0.486 e. The molecule has 0 spiro atoms. The number of aromatic nitrogens is 2.